The van der Waals surface area contributed by atoms with Gasteiger partial charge in [-0.25, -0.2) is 4.98 Å². The number of hydrogen-bond donors (Lipinski definition) is 0. The molecule has 3 nitrogen and oxygen atoms in total. The second kappa shape index (κ2) is 6.82. The highest BCUT2D eigenvalue weighted by Crippen LogP contribution is 2.23. The number of aryl methyl sites for hydroxylation is 2. The summed E-state index contributed by atoms with van der Waals surface area (Å²) >= 11 is 6.00. The Morgan fingerprint density at radius 2 is 2.12 bits per heavy atom. The zero-order valence-electron chi connectivity index (χ0n) is 11.1. The summed E-state index contributed by atoms with van der Waals surface area (Å²) in [7, 11) is 3.77. The van der Waals surface area contributed by atoms with E-state index in [2.05, 4.69) is 22.9 Å². The van der Waals surface area contributed by atoms with E-state index in [0.717, 1.165) is 36.6 Å². The number of alkyl halides is 1. The molecule has 96 valence electrons. The Bertz CT molecular complexity index is 369. The van der Waals surface area contributed by atoms with Gasteiger partial charge in [0.1, 0.15) is 5.82 Å². The molecule has 0 aliphatic carbocycles. The monoisotopic (exact) mass is 256 g/mol. The molecule has 0 saturated heterocycles. The quantitative estimate of drug-likeness (QED) is 0.578. The van der Waals surface area contributed by atoms with E-state index in [1.54, 1.807) is 7.11 Å². The lowest BCUT2D eigenvalue weighted by Crippen LogP contribution is -2.22. The third kappa shape index (κ3) is 3.86. The van der Waals surface area contributed by atoms with Crippen LogP contribution in [0.25, 0.3) is 0 Å². The topological polar surface area (TPSA) is 25.4 Å². The number of nitrogens with zero attached hydrogens (tertiary/aromatic N) is 2. The van der Waals surface area contributed by atoms with Gasteiger partial charge in [0, 0.05) is 38.6 Å². The van der Waals surface area contributed by atoms with Crippen LogP contribution >= 0.6 is 11.6 Å². The van der Waals surface area contributed by atoms with Crippen LogP contribution in [0, 0.1) is 13.8 Å². The van der Waals surface area contributed by atoms with Crippen molar-refractivity contribution in [2.24, 2.45) is 0 Å². The third-order valence-corrected chi connectivity index (χ3v) is 3.06. The lowest BCUT2D eigenvalue weighted by molar-refractivity contribution is 0.196. The van der Waals surface area contributed by atoms with Gasteiger partial charge in [-0.3, -0.25) is 0 Å². The molecule has 1 aromatic heterocycles. The summed E-state index contributed by atoms with van der Waals surface area (Å²) in [6.07, 6.45) is 0.989. The second-order valence-electron chi connectivity index (χ2n) is 4.28. The van der Waals surface area contributed by atoms with Crippen molar-refractivity contribution < 1.29 is 4.74 Å². The van der Waals surface area contributed by atoms with Crippen molar-refractivity contribution in [1.29, 1.82) is 0 Å². The summed E-state index contributed by atoms with van der Waals surface area (Å²) in [5.41, 5.74) is 3.36. The predicted molar refractivity (Wildman–Crippen MR) is 73.0 cm³/mol. The maximum atomic E-state index is 6.00. The first-order valence-electron chi connectivity index (χ1n) is 5.83. The molecule has 0 radical (unpaired) electrons. The van der Waals surface area contributed by atoms with Crippen molar-refractivity contribution in [1.82, 2.24) is 4.98 Å². The van der Waals surface area contributed by atoms with E-state index >= 15 is 0 Å². The number of ether oxygens (including phenoxy) is 1. The molecule has 0 bridgehead atoms. The zero-order valence-corrected chi connectivity index (χ0v) is 11.8. The summed E-state index contributed by atoms with van der Waals surface area (Å²) < 4.78 is 5.06. The molecule has 17 heavy (non-hydrogen) atoms. The van der Waals surface area contributed by atoms with E-state index in [4.69, 9.17) is 16.3 Å². The molecule has 4 heteroatoms. The van der Waals surface area contributed by atoms with Crippen LogP contribution in [-0.4, -0.2) is 32.3 Å². The van der Waals surface area contributed by atoms with Crippen LogP contribution in [0.15, 0.2) is 6.07 Å². The van der Waals surface area contributed by atoms with Gasteiger partial charge in [-0.1, -0.05) is 0 Å². The average Bonchev–Trinajstić information content (AvgIpc) is 2.28. The van der Waals surface area contributed by atoms with Gasteiger partial charge in [-0.05, 0) is 31.9 Å². The summed E-state index contributed by atoms with van der Waals surface area (Å²) in [6, 6.07) is 2.07. The Morgan fingerprint density at radius 1 is 1.41 bits per heavy atom. The van der Waals surface area contributed by atoms with Gasteiger partial charge in [-0.15, -0.1) is 11.6 Å². The molecule has 1 aromatic rings. The molecule has 0 spiro atoms. The van der Waals surface area contributed by atoms with Gasteiger partial charge >= 0.3 is 0 Å². The highest BCUT2D eigenvalue weighted by molar-refractivity contribution is 6.17. The summed E-state index contributed by atoms with van der Waals surface area (Å²) in [5, 5.41) is 0. The van der Waals surface area contributed by atoms with E-state index in [0.29, 0.717) is 5.88 Å². The fourth-order valence-electron chi connectivity index (χ4n) is 1.88. The van der Waals surface area contributed by atoms with Crippen LogP contribution in [0.1, 0.15) is 23.2 Å². The van der Waals surface area contributed by atoms with E-state index in [1.807, 2.05) is 14.0 Å². The predicted octanol–water partition coefficient (Wildman–Crippen LogP) is 2.91. The first kappa shape index (κ1) is 14.3. The van der Waals surface area contributed by atoms with Crippen molar-refractivity contribution in [3.05, 3.63) is 22.9 Å². The lowest BCUT2D eigenvalue weighted by Gasteiger charge is -2.22. The minimum absolute atomic E-state index is 0.503. The van der Waals surface area contributed by atoms with Gasteiger partial charge in [0.25, 0.3) is 0 Å². The molecule has 0 aliphatic heterocycles. The molecule has 0 unspecified atom stereocenters. The van der Waals surface area contributed by atoms with Crippen molar-refractivity contribution >= 4 is 17.4 Å². The number of pyridine rings is 1. The highest BCUT2D eigenvalue weighted by atomic mass is 35.5. The zero-order chi connectivity index (χ0) is 12.8. The number of rotatable bonds is 6. The standard InChI is InChI=1S/C13H21ClN2O/c1-10-8-11(2)15-13(12(10)9-14)16(3)6-5-7-17-4/h8H,5-7,9H2,1-4H3. The first-order valence-corrected chi connectivity index (χ1v) is 6.36. The Hall–Kier alpha value is -0.800. The maximum absolute atomic E-state index is 6.00. The minimum atomic E-state index is 0.503. The van der Waals surface area contributed by atoms with Crippen LogP contribution in [-0.2, 0) is 10.6 Å². The van der Waals surface area contributed by atoms with Crippen LogP contribution in [0.4, 0.5) is 5.82 Å². The largest absolute Gasteiger partial charge is 0.385 e. The Kier molecular flexibility index (Phi) is 5.72. The first-order chi connectivity index (χ1) is 8.10. The van der Waals surface area contributed by atoms with Crippen LogP contribution in [0.5, 0.6) is 0 Å². The maximum Gasteiger partial charge on any atom is 0.133 e. The minimum Gasteiger partial charge on any atom is -0.385 e. The van der Waals surface area contributed by atoms with Crippen molar-refractivity contribution in [3.8, 4) is 0 Å². The Morgan fingerprint density at radius 3 is 2.71 bits per heavy atom. The van der Waals surface area contributed by atoms with Crippen LogP contribution in [0.2, 0.25) is 0 Å². The molecule has 1 rings (SSSR count). The number of hydrogen-bond acceptors (Lipinski definition) is 3. The lowest BCUT2D eigenvalue weighted by atomic mass is 10.1. The molecule has 0 amide bonds. The van der Waals surface area contributed by atoms with E-state index in [9.17, 15) is 0 Å². The smallest absolute Gasteiger partial charge is 0.133 e. The summed E-state index contributed by atoms with van der Waals surface area (Å²) in [5.74, 6) is 1.50. The fraction of sp³-hybridized carbons (Fsp3) is 0.615. The molecule has 0 N–H and O–H groups in total. The number of anilines is 1. The Labute approximate surface area is 109 Å². The number of methoxy groups -OCH3 is 1. The molecular formula is C13H21ClN2O. The van der Waals surface area contributed by atoms with Crippen LogP contribution < -0.4 is 4.90 Å². The molecule has 1 heterocycles. The highest BCUT2D eigenvalue weighted by Gasteiger charge is 2.11. The molecular weight excluding hydrogens is 236 g/mol. The van der Waals surface area contributed by atoms with Crippen molar-refractivity contribution in [3.63, 3.8) is 0 Å². The molecule has 0 aliphatic rings. The molecule has 0 aromatic carbocycles. The molecule has 0 atom stereocenters. The number of halogens is 1. The van der Waals surface area contributed by atoms with E-state index in [-0.39, 0.29) is 0 Å². The summed E-state index contributed by atoms with van der Waals surface area (Å²) in [4.78, 5) is 6.73. The second-order valence-corrected chi connectivity index (χ2v) is 4.55. The van der Waals surface area contributed by atoms with Crippen molar-refractivity contribution in [2.75, 3.05) is 32.2 Å². The number of aromatic nitrogens is 1. The molecule has 0 fully saturated rings. The van der Waals surface area contributed by atoms with Gasteiger partial charge in [-0.2, -0.15) is 0 Å². The van der Waals surface area contributed by atoms with Gasteiger partial charge < -0.3 is 9.64 Å². The van der Waals surface area contributed by atoms with E-state index in [1.165, 1.54) is 5.56 Å². The SMILES string of the molecule is COCCCN(C)c1nc(C)cc(C)c1CCl. The van der Waals surface area contributed by atoms with Crippen LogP contribution in [0.3, 0.4) is 0 Å². The van der Waals surface area contributed by atoms with Gasteiger partial charge in [0.05, 0.1) is 5.88 Å². The summed E-state index contributed by atoms with van der Waals surface area (Å²) in [6.45, 7) is 5.79. The van der Waals surface area contributed by atoms with Crippen molar-refractivity contribution in [2.45, 2.75) is 26.1 Å². The van der Waals surface area contributed by atoms with E-state index < -0.39 is 0 Å². The Balaban J connectivity index is 2.87. The average molecular weight is 257 g/mol. The fourth-order valence-corrected chi connectivity index (χ4v) is 2.21. The normalized spacial score (nSPS) is 10.6. The third-order valence-electron chi connectivity index (χ3n) is 2.79. The molecule has 0 saturated carbocycles. The van der Waals surface area contributed by atoms with Gasteiger partial charge in [0.15, 0.2) is 0 Å². The van der Waals surface area contributed by atoms with Gasteiger partial charge in [0.2, 0.25) is 0 Å².